The van der Waals surface area contributed by atoms with Crippen molar-refractivity contribution in [3.05, 3.63) is 36.3 Å². The highest BCUT2D eigenvalue weighted by molar-refractivity contribution is 6.00. The van der Waals surface area contributed by atoms with Gasteiger partial charge >= 0.3 is 6.03 Å². The number of hydrogen-bond acceptors (Lipinski definition) is 8. The van der Waals surface area contributed by atoms with Gasteiger partial charge < -0.3 is 20.3 Å². The number of nitrogens with one attached hydrogen (secondary N) is 2. The van der Waals surface area contributed by atoms with Crippen molar-refractivity contribution >= 4 is 29.1 Å². The Morgan fingerprint density at radius 2 is 2.11 bits per heavy atom. The Balaban J connectivity index is 1.52. The number of para-hydroxylation sites is 1. The average Bonchev–Trinajstić information content (AvgIpc) is 3.22. The summed E-state index contributed by atoms with van der Waals surface area (Å²) in [6.07, 6.45) is 0.795. The number of carbonyl (C=O) groups excluding carboxylic acids is 2. The molecule has 1 unspecified atom stereocenters. The van der Waals surface area contributed by atoms with Crippen LogP contribution in [0.4, 0.5) is 26.4 Å². The molecule has 35 heavy (non-hydrogen) atoms. The van der Waals surface area contributed by atoms with E-state index in [0.29, 0.717) is 35.8 Å². The van der Waals surface area contributed by atoms with Gasteiger partial charge in [0.15, 0.2) is 23.1 Å². The van der Waals surface area contributed by atoms with E-state index in [9.17, 15) is 14.0 Å². The summed E-state index contributed by atoms with van der Waals surface area (Å²) in [5, 5.41) is 17.2. The van der Waals surface area contributed by atoms with Crippen LogP contribution >= 0.6 is 0 Å². The van der Waals surface area contributed by atoms with Gasteiger partial charge in [-0.05, 0) is 12.1 Å². The minimum Gasteiger partial charge on any atom is -0.494 e. The molecule has 5 rings (SSSR count). The third-order valence-corrected chi connectivity index (χ3v) is 5.84. The molecule has 1 saturated carbocycles. The topological polar surface area (TPSA) is 130 Å². The summed E-state index contributed by atoms with van der Waals surface area (Å²) in [6, 6.07) is 5.69. The second-order valence-electron chi connectivity index (χ2n) is 8.12. The van der Waals surface area contributed by atoms with Gasteiger partial charge in [0, 0.05) is 43.7 Å². The van der Waals surface area contributed by atoms with Crippen molar-refractivity contribution in [1.29, 1.82) is 0 Å². The van der Waals surface area contributed by atoms with Crippen LogP contribution in [0.25, 0.3) is 11.4 Å². The number of ether oxygens (including phenoxy) is 1. The van der Waals surface area contributed by atoms with E-state index in [1.54, 1.807) is 25.2 Å². The molecule has 1 aromatic carbocycles. The normalized spacial score (nSPS) is 20.8. The van der Waals surface area contributed by atoms with E-state index < -0.39 is 31.1 Å². The highest BCUT2D eigenvalue weighted by Gasteiger charge is 2.48. The van der Waals surface area contributed by atoms with Gasteiger partial charge in [0.1, 0.15) is 12.5 Å². The first kappa shape index (κ1) is 19.1. The Hall–Kier alpha value is -4.29. The van der Waals surface area contributed by atoms with Crippen molar-refractivity contribution < 1.29 is 22.8 Å². The van der Waals surface area contributed by atoms with Crippen LogP contribution in [0.2, 0.25) is 0 Å². The quantitative estimate of drug-likeness (QED) is 0.519. The Bertz CT molecular complexity index is 1400. The molecule has 0 bridgehead atoms. The number of anilines is 3. The summed E-state index contributed by atoms with van der Waals surface area (Å²) in [6.45, 7) is -2.20. The van der Waals surface area contributed by atoms with E-state index >= 15 is 0 Å². The van der Waals surface area contributed by atoms with Gasteiger partial charge in [-0.1, -0.05) is 6.07 Å². The molecule has 2 atom stereocenters. The van der Waals surface area contributed by atoms with Crippen molar-refractivity contribution in [3.8, 4) is 17.1 Å². The smallest absolute Gasteiger partial charge is 0.326 e. The number of hydrogen-bond donors (Lipinski definition) is 2. The lowest BCUT2D eigenvalue weighted by Crippen LogP contribution is -2.35. The first-order chi connectivity index (χ1) is 18.1. The Morgan fingerprint density at radius 3 is 2.80 bits per heavy atom. The second kappa shape index (κ2) is 8.81. The Kier molecular flexibility index (Phi) is 4.80. The molecule has 2 fully saturated rings. The largest absolute Gasteiger partial charge is 0.494 e. The van der Waals surface area contributed by atoms with Crippen molar-refractivity contribution in [2.75, 3.05) is 37.4 Å². The summed E-state index contributed by atoms with van der Waals surface area (Å²) >= 11 is 0. The summed E-state index contributed by atoms with van der Waals surface area (Å²) in [5.41, 5.74) is 0.710. The number of methoxy groups -OCH3 is 1. The van der Waals surface area contributed by atoms with E-state index in [2.05, 4.69) is 25.6 Å². The van der Waals surface area contributed by atoms with Gasteiger partial charge in [0.2, 0.25) is 0 Å². The highest BCUT2D eigenvalue weighted by Crippen LogP contribution is 2.38. The third-order valence-electron chi connectivity index (χ3n) is 5.84. The number of aromatic nitrogens is 5. The zero-order valence-electron chi connectivity index (χ0n) is 21.9. The Morgan fingerprint density at radius 1 is 1.29 bits per heavy atom. The molecule has 1 saturated heterocycles. The van der Waals surface area contributed by atoms with Crippen LogP contribution in [0, 0.1) is 0 Å². The molecule has 3 heterocycles. The molecule has 12 nitrogen and oxygen atoms in total. The molecular formula is C22H24FN9O3. The van der Waals surface area contributed by atoms with Crippen LogP contribution < -0.4 is 20.3 Å². The molecule has 1 aliphatic heterocycles. The standard InChI is InChI=1S/C22H24FN9O3/c1-24-21(33)18-15(10-17(27-28-18)32-8-7-31(22(32)34)16-9-13(16)23)26-14-6-4-5-12(19(14)35-3)20-25-11-30(2)29-20/h4-6,10-11,13,16H,7-9H2,1-3H3,(H,24,33)(H,26,27)/t13-,16?/m0/s1/i1D3. The van der Waals surface area contributed by atoms with Crippen LogP contribution in [-0.4, -0.2) is 81.2 Å². The molecule has 0 spiro atoms. The maximum absolute atomic E-state index is 13.6. The van der Waals surface area contributed by atoms with E-state index in [0.717, 1.165) is 0 Å². The number of carbonyl (C=O) groups is 2. The van der Waals surface area contributed by atoms with Gasteiger partial charge in [-0.3, -0.25) is 14.4 Å². The summed E-state index contributed by atoms with van der Waals surface area (Å²) in [7, 11) is 3.18. The number of aryl methyl sites for hydroxylation is 1. The molecule has 2 aliphatic rings. The third kappa shape index (κ3) is 4.09. The van der Waals surface area contributed by atoms with Gasteiger partial charge in [0.05, 0.1) is 30.1 Å². The number of benzene rings is 1. The summed E-state index contributed by atoms with van der Waals surface area (Å²) in [4.78, 5) is 32.8. The van der Waals surface area contributed by atoms with E-state index in [4.69, 9.17) is 8.85 Å². The monoisotopic (exact) mass is 484 g/mol. The number of nitrogens with zero attached hydrogens (tertiary/aromatic N) is 7. The predicted molar refractivity (Wildman–Crippen MR) is 124 cm³/mol. The van der Waals surface area contributed by atoms with Gasteiger partial charge in [-0.25, -0.2) is 14.2 Å². The Labute approximate surface area is 204 Å². The van der Waals surface area contributed by atoms with Crippen LogP contribution in [0.1, 0.15) is 21.0 Å². The van der Waals surface area contributed by atoms with Crippen LogP contribution in [0.5, 0.6) is 5.75 Å². The van der Waals surface area contributed by atoms with Gasteiger partial charge in [-0.2, -0.15) is 5.10 Å². The molecule has 3 aromatic rings. The lowest BCUT2D eigenvalue weighted by molar-refractivity contribution is 0.0958. The molecule has 13 heteroatoms. The van der Waals surface area contributed by atoms with Crippen molar-refractivity contribution in [2.24, 2.45) is 7.05 Å². The molecule has 3 amide bonds. The molecule has 2 N–H and O–H groups in total. The van der Waals surface area contributed by atoms with E-state index in [1.165, 1.54) is 34.0 Å². The van der Waals surface area contributed by atoms with Gasteiger partial charge in [0.25, 0.3) is 5.91 Å². The zero-order valence-corrected chi connectivity index (χ0v) is 18.9. The summed E-state index contributed by atoms with van der Waals surface area (Å²) < 4.78 is 42.9. The minimum atomic E-state index is -2.77. The van der Waals surface area contributed by atoms with Crippen LogP contribution in [0.3, 0.4) is 0 Å². The average molecular weight is 485 g/mol. The maximum Gasteiger partial charge on any atom is 0.326 e. The van der Waals surface area contributed by atoms with Crippen molar-refractivity contribution in [2.45, 2.75) is 18.6 Å². The predicted octanol–water partition coefficient (Wildman–Crippen LogP) is 1.74. The second-order valence-corrected chi connectivity index (χ2v) is 8.12. The van der Waals surface area contributed by atoms with Gasteiger partial charge in [-0.15, -0.1) is 10.2 Å². The molecule has 182 valence electrons. The fraction of sp³-hybridized carbons (Fsp3) is 0.364. The molecule has 2 aromatic heterocycles. The summed E-state index contributed by atoms with van der Waals surface area (Å²) in [5.74, 6) is -0.134. The number of alkyl halides is 1. The first-order valence-corrected chi connectivity index (χ1v) is 10.8. The van der Waals surface area contributed by atoms with E-state index in [-0.39, 0.29) is 23.7 Å². The number of amides is 3. The van der Waals surface area contributed by atoms with Crippen molar-refractivity contribution in [3.63, 3.8) is 0 Å². The number of halogens is 1. The van der Waals surface area contributed by atoms with Crippen molar-refractivity contribution in [1.82, 2.24) is 35.2 Å². The number of urea groups is 1. The number of rotatable bonds is 7. The lowest BCUT2D eigenvalue weighted by Gasteiger charge is -2.19. The zero-order chi connectivity index (χ0) is 27.2. The fourth-order valence-corrected chi connectivity index (χ4v) is 4.02. The maximum atomic E-state index is 13.6. The lowest BCUT2D eigenvalue weighted by atomic mass is 10.1. The van der Waals surface area contributed by atoms with E-state index in [1.807, 2.05) is 5.32 Å². The highest BCUT2D eigenvalue weighted by atomic mass is 19.1. The minimum absolute atomic E-state index is 0.0715. The molecule has 0 radical (unpaired) electrons. The SMILES string of the molecule is [2H]C([2H])([2H])NC(=O)c1nnc(N2CCN(C3C[C@@H]3F)C2=O)cc1Nc1cccc(-c2ncn(C)n2)c1OC. The first-order valence-electron chi connectivity index (χ1n) is 12.3. The molecule has 1 aliphatic carbocycles. The molecular weight excluding hydrogens is 457 g/mol. The van der Waals surface area contributed by atoms with Crippen LogP contribution in [-0.2, 0) is 7.05 Å². The fourth-order valence-electron chi connectivity index (χ4n) is 4.02. The van der Waals surface area contributed by atoms with Crippen LogP contribution in [0.15, 0.2) is 30.6 Å².